The van der Waals surface area contributed by atoms with Gasteiger partial charge in [-0.1, -0.05) is 44.4 Å². The highest BCUT2D eigenvalue weighted by Crippen LogP contribution is 2.41. The molecule has 2 amide bonds. The zero-order chi connectivity index (χ0) is 19.2. The van der Waals surface area contributed by atoms with Gasteiger partial charge in [0.05, 0.1) is 19.1 Å². The van der Waals surface area contributed by atoms with Crippen LogP contribution in [0.5, 0.6) is 5.75 Å². The van der Waals surface area contributed by atoms with Crippen LogP contribution < -0.4 is 10.1 Å². The molecule has 0 unspecified atom stereocenters. The first-order chi connectivity index (χ1) is 13.2. The van der Waals surface area contributed by atoms with Gasteiger partial charge in [-0.25, -0.2) is 0 Å². The Morgan fingerprint density at radius 1 is 1.22 bits per heavy atom. The van der Waals surface area contributed by atoms with Crippen LogP contribution in [0.1, 0.15) is 69.9 Å². The summed E-state index contributed by atoms with van der Waals surface area (Å²) in [6.45, 7) is 2.81. The van der Waals surface area contributed by atoms with Crippen LogP contribution in [-0.2, 0) is 9.59 Å². The molecule has 0 spiro atoms. The molecule has 148 valence electrons. The molecule has 1 heterocycles. The van der Waals surface area contributed by atoms with Crippen molar-refractivity contribution in [3.05, 3.63) is 29.8 Å². The van der Waals surface area contributed by atoms with Crippen molar-refractivity contribution in [2.24, 2.45) is 5.92 Å². The van der Waals surface area contributed by atoms with Crippen molar-refractivity contribution in [2.75, 3.05) is 13.7 Å². The zero-order valence-electron chi connectivity index (χ0n) is 16.6. The number of nitrogens with one attached hydrogen (secondary N) is 1. The normalized spacial score (nSPS) is 23.5. The molecule has 1 N–H and O–H groups in total. The molecule has 2 atom stereocenters. The minimum absolute atomic E-state index is 0.0896. The van der Waals surface area contributed by atoms with Gasteiger partial charge in [0.25, 0.3) is 0 Å². The summed E-state index contributed by atoms with van der Waals surface area (Å²) in [5.41, 5.74) is 0.940. The molecule has 27 heavy (non-hydrogen) atoms. The number of ether oxygens (including phenoxy) is 1. The molecule has 1 saturated heterocycles. The summed E-state index contributed by atoms with van der Waals surface area (Å²) in [7, 11) is 1.65. The van der Waals surface area contributed by atoms with E-state index in [0.717, 1.165) is 37.0 Å². The second-order valence-corrected chi connectivity index (χ2v) is 7.76. The number of benzene rings is 1. The molecular formula is C22H32N2O3. The van der Waals surface area contributed by atoms with Gasteiger partial charge in [-0.3, -0.25) is 9.59 Å². The number of piperidine rings is 1. The first-order valence-corrected chi connectivity index (χ1v) is 10.4. The maximum Gasteiger partial charge on any atom is 0.225 e. The molecule has 0 radical (unpaired) electrons. The number of nitrogens with zero attached hydrogens (tertiary/aromatic N) is 1. The summed E-state index contributed by atoms with van der Waals surface area (Å²) in [6, 6.07) is 7.83. The topological polar surface area (TPSA) is 58.6 Å². The summed E-state index contributed by atoms with van der Waals surface area (Å²) in [6.07, 6.45) is 7.50. The van der Waals surface area contributed by atoms with Gasteiger partial charge in [0, 0.05) is 24.6 Å². The van der Waals surface area contributed by atoms with Gasteiger partial charge in [-0.05, 0) is 31.7 Å². The number of carbonyl (C=O) groups is 2. The molecule has 5 nitrogen and oxygen atoms in total. The fourth-order valence-corrected chi connectivity index (χ4v) is 4.49. The summed E-state index contributed by atoms with van der Waals surface area (Å²) in [5, 5.41) is 3.26. The number of carbonyl (C=O) groups excluding carboxylic acids is 2. The number of methoxy groups -OCH3 is 1. The first kappa shape index (κ1) is 19.7. The summed E-state index contributed by atoms with van der Waals surface area (Å²) >= 11 is 0. The van der Waals surface area contributed by atoms with Crippen LogP contribution in [0.2, 0.25) is 0 Å². The molecule has 2 aliphatic rings. The lowest BCUT2D eigenvalue weighted by molar-refractivity contribution is -0.143. The van der Waals surface area contributed by atoms with E-state index >= 15 is 0 Å². The average Bonchev–Trinajstić information content (AvgIpc) is 3.19. The minimum Gasteiger partial charge on any atom is -0.496 e. The zero-order valence-corrected chi connectivity index (χ0v) is 16.6. The van der Waals surface area contributed by atoms with Crippen LogP contribution in [0.3, 0.4) is 0 Å². The maximum atomic E-state index is 13.2. The molecular weight excluding hydrogens is 340 g/mol. The second-order valence-electron chi connectivity index (χ2n) is 7.76. The lowest BCUT2D eigenvalue weighted by Gasteiger charge is -2.41. The monoisotopic (exact) mass is 372 g/mol. The van der Waals surface area contributed by atoms with Gasteiger partial charge in [-0.2, -0.15) is 0 Å². The maximum absolute atomic E-state index is 13.2. The third kappa shape index (κ3) is 4.45. The fraction of sp³-hybridized carbons (Fsp3) is 0.636. The predicted molar refractivity (Wildman–Crippen MR) is 105 cm³/mol. The molecule has 1 aliphatic carbocycles. The van der Waals surface area contributed by atoms with E-state index in [0.29, 0.717) is 19.4 Å². The molecule has 3 rings (SSSR count). The van der Waals surface area contributed by atoms with Crippen molar-refractivity contribution in [1.29, 1.82) is 0 Å². The highest BCUT2D eigenvalue weighted by atomic mass is 16.5. The van der Waals surface area contributed by atoms with Crippen LogP contribution in [0.15, 0.2) is 24.3 Å². The van der Waals surface area contributed by atoms with Crippen molar-refractivity contribution in [3.63, 3.8) is 0 Å². The van der Waals surface area contributed by atoms with Crippen molar-refractivity contribution >= 4 is 11.8 Å². The quantitative estimate of drug-likeness (QED) is 0.791. The largest absolute Gasteiger partial charge is 0.496 e. The lowest BCUT2D eigenvalue weighted by atomic mass is 9.82. The Bertz CT molecular complexity index is 655. The van der Waals surface area contributed by atoms with Crippen LogP contribution >= 0.6 is 0 Å². The van der Waals surface area contributed by atoms with E-state index < -0.39 is 0 Å². The number of hydrogen-bond acceptors (Lipinski definition) is 3. The number of rotatable bonds is 7. The summed E-state index contributed by atoms with van der Waals surface area (Å²) < 4.78 is 5.58. The smallest absolute Gasteiger partial charge is 0.225 e. The molecule has 1 aromatic rings. The van der Waals surface area contributed by atoms with E-state index in [1.807, 2.05) is 29.2 Å². The molecule has 0 bridgehead atoms. The average molecular weight is 373 g/mol. The molecule has 5 heteroatoms. The minimum atomic E-state index is -0.254. The van der Waals surface area contributed by atoms with Gasteiger partial charge in [0.1, 0.15) is 5.75 Å². The van der Waals surface area contributed by atoms with E-state index in [9.17, 15) is 9.59 Å². The Morgan fingerprint density at radius 3 is 2.67 bits per heavy atom. The SMILES string of the molecule is CCCCN1C(=O)CC[C@H](C(=O)NC2CCCC2)[C@H]1c1ccccc1OC. The van der Waals surface area contributed by atoms with Gasteiger partial charge in [0.2, 0.25) is 11.8 Å². The Kier molecular flexibility index (Phi) is 6.75. The van der Waals surface area contributed by atoms with Crippen LogP contribution in [0, 0.1) is 5.92 Å². The van der Waals surface area contributed by atoms with Crippen LogP contribution in [0.25, 0.3) is 0 Å². The fourth-order valence-electron chi connectivity index (χ4n) is 4.49. The number of hydrogen-bond donors (Lipinski definition) is 1. The number of amides is 2. The van der Waals surface area contributed by atoms with Crippen molar-refractivity contribution in [1.82, 2.24) is 10.2 Å². The van der Waals surface area contributed by atoms with E-state index in [1.54, 1.807) is 7.11 Å². The van der Waals surface area contributed by atoms with Gasteiger partial charge < -0.3 is 15.0 Å². The summed E-state index contributed by atoms with van der Waals surface area (Å²) in [5.74, 6) is 0.755. The Balaban J connectivity index is 1.91. The van der Waals surface area contributed by atoms with E-state index in [4.69, 9.17) is 4.74 Å². The van der Waals surface area contributed by atoms with E-state index in [-0.39, 0.29) is 29.8 Å². The first-order valence-electron chi connectivity index (χ1n) is 10.4. The van der Waals surface area contributed by atoms with Crippen molar-refractivity contribution in [2.45, 2.75) is 70.4 Å². The molecule has 1 aliphatic heterocycles. The predicted octanol–water partition coefficient (Wildman–Crippen LogP) is 3.83. The lowest BCUT2D eigenvalue weighted by Crippen LogP contribution is -2.49. The number of unbranched alkanes of at least 4 members (excludes halogenated alkanes) is 1. The van der Waals surface area contributed by atoms with Crippen molar-refractivity contribution < 1.29 is 14.3 Å². The highest BCUT2D eigenvalue weighted by Gasteiger charge is 2.42. The van der Waals surface area contributed by atoms with E-state index in [1.165, 1.54) is 12.8 Å². The third-order valence-electron chi connectivity index (χ3n) is 5.95. The van der Waals surface area contributed by atoms with Gasteiger partial charge >= 0.3 is 0 Å². The standard InChI is InChI=1S/C22H32N2O3/c1-3-4-15-24-20(25)14-13-18(22(26)23-16-9-5-6-10-16)21(24)17-11-7-8-12-19(17)27-2/h7-8,11-12,16,18,21H,3-6,9-10,13-15H2,1-2H3,(H,23,26)/t18-,21+/m0/s1. The summed E-state index contributed by atoms with van der Waals surface area (Å²) in [4.78, 5) is 27.8. The van der Waals surface area contributed by atoms with Crippen LogP contribution in [-0.4, -0.2) is 36.4 Å². The Labute approximate surface area is 162 Å². The molecule has 1 aromatic carbocycles. The Hall–Kier alpha value is -2.04. The van der Waals surface area contributed by atoms with Gasteiger partial charge in [-0.15, -0.1) is 0 Å². The number of likely N-dealkylation sites (tertiary alicyclic amines) is 1. The van der Waals surface area contributed by atoms with Crippen molar-refractivity contribution in [3.8, 4) is 5.75 Å². The molecule has 0 aromatic heterocycles. The second kappa shape index (κ2) is 9.25. The van der Waals surface area contributed by atoms with Gasteiger partial charge in [0.15, 0.2) is 0 Å². The molecule has 1 saturated carbocycles. The van der Waals surface area contributed by atoms with Crippen LogP contribution in [0.4, 0.5) is 0 Å². The highest BCUT2D eigenvalue weighted by molar-refractivity contribution is 5.85. The Morgan fingerprint density at radius 2 is 1.96 bits per heavy atom. The third-order valence-corrected chi connectivity index (χ3v) is 5.95. The van der Waals surface area contributed by atoms with E-state index in [2.05, 4.69) is 12.2 Å². The number of para-hydroxylation sites is 1. The molecule has 2 fully saturated rings.